The molecule has 0 unspecified atom stereocenters. The molecule has 3 aromatic heterocycles. The van der Waals surface area contributed by atoms with Gasteiger partial charge in [0, 0.05) is 34.5 Å². The van der Waals surface area contributed by atoms with Gasteiger partial charge in [-0.2, -0.15) is 10.4 Å². The molecule has 3 heterocycles. The Morgan fingerprint density at radius 1 is 1.13 bits per heavy atom. The Hall–Kier alpha value is -3.70. The Labute approximate surface area is 177 Å². The summed E-state index contributed by atoms with van der Waals surface area (Å²) in [4.78, 5) is 8.82. The van der Waals surface area contributed by atoms with Crippen LogP contribution in [0.15, 0.2) is 61.1 Å². The van der Waals surface area contributed by atoms with Crippen LogP contribution in [0.3, 0.4) is 0 Å². The lowest BCUT2D eigenvalue weighted by molar-refractivity contribution is -0.171. The zero-order valence-electron chi connectivity index (χ0n) is 16.9. The number of fused-ring (bicyclic) bond motifs is 1. The van der Waals surface area contributed by atoms with Gasteiger partial charge in [0.15, 0.2) is 0 Å². The molecule has 0 radical (unpaired) electrons. The fourth-order valence-corrected chi connectivity index (χ4v) is 3.17. The lowest BCUT2D eigenvalue weighted by Gasteiger charge is -2.28. The van der Waals surface area contributed by atoms with E-state index in [1.165, 1.54) is 12.4 Å². The highest BCUT2D eigenvalue weighted by Gasteiger charge is 2.45. The van der Waals surface area contributed by atoms with Crippen molar-refractivity contribution < 1.29 is 13.9 Å². The number of aromatic nitrogens is 4. The molecule has 0 fully saturated rings. The Kier molecular flexibility index (Phi) is 4.99. The summed E-state index contributed by atoms with van der Waals surface area (Å²) in [6, 6.07) is 14.8. The second kappa shape index (κ2) is 7.52. The van der Waals surface area contributed by atoms with E-state index in [2.05, 4.69) is 15.1 Å². The quantitative estimate of drug-likeness (QED) is 0.517. The highest BCUT2D eigenvalue weighted by atomic mass is 19.3. The summed E-state index contributed by atoms with van der Waals surface area (Å²) in [5.41, 5.74) is 1.31. The van der Waals surface area contributed by atoms with Gasteiger partial charge in [0.05, 0.1) is 17.4 Å². The van der Waals surface area contributed by atoms with Crippen molar-refractivity contribution in [2.24, 2.45) is 0 Å². The van der Waals surface area contributed by atoms with Gasteiger partial charge in [-0.1, -0.05) is 18.2 Å². The number of rotatable bonds is 5. The van der Waals surface area contributed by atoms with Crippen LogP contribution < -0.4 is 0 Å². The molecule has 4 rings (SSSR count). The van der Waals surface area contributed by atoms with Gasteiger partial charge in [-0.3, -0.25) is 9.67 Å². The van der Waals surface area contributed by atoms with Crippen LogP contribution in [-0.2, 0) is 6.54 Å². The molecule has 1 N–H and O–H groups in total. The monoisotopic (exact) mass is 419 g/mol. The molecule has 0 aliphatic carbocycles. The summed E-state index contributed by atoms with van der Waals surface area (Å²) in [5, 5.41) is 24.0. The SMILES string of the molecule is CC(C)(O)C(F)(F)Cn1cc(-c2ccc(C#N)nc2-c2ccc3cccnc3c2)cn1. The van der Waals surface area contributed by atoms with Crippen LogP contribution in [0.25, 0.3) is 33.3 Å². The molecule has 1 aromatic carbocycles. The topological polar surface area (TPSA) is 87.6 Å². The summed E-state index contributed by atoms with van der Waals surface area (Å²) in [6.07, 6.45) is 4.64. The van der Waals surface area contributed by atoms with E-state index in [0.29, 0.717) is 16.8 Å². The first-order valence-corrected chi connectivity index (χ1v) is 9.57. The van der Waals surface area contributed by atoms with Gasteiger partial charge >= 0.3 is 0 Å². The molecule has 0 aliphatic heterocycles. The van der Waals surface area contributed by atoms with Gasteiger partial charge < -0.3 is 5.11 Å². The average molecular weight is 419 g/mol. The third-order valence-corrected chi connectivity index (χ3v) is 5.09. The minimum Gasteiger partial charge on any atom is -0.384 e. The van der Waals surface area contributed by atoms with E-state index in [4.69, 9.17) is 0 Å². The molecule has 0 saturated heterocycles. The number of nitrogens with zero attached hydrogens (tertiary/aromatic N) is 5. The molecule has 0 amide bonds. The molecule has 0 bridgehead atoms. The fraction of sp³-hybridized carbons (Fsp3) is 0.217. The van der Waals surface area contributed by atoms with E-state index in [1.54, 1.807) is 18.3 Å². The lowest BCUT2D eigenvalue weighted by atomic mass is 9.99. The Balaban J connectivity index is 1.78. The van der Waals surface area contributed by atoms with E-state index in [0.717, 1.165) is 35.0 Å². The maximum absolute atomic E-state index is 14.3. The van der Waals surface area contributed by atoms with Gasteiger partial charge in [0.1, 0.15) is 23.9 Å². The summed E-state index contributed by atoms with van der Waals surface area (Å²) < 4.78 is 29.6. The highest BCUT2D eigenvalue weighted by molar-refractivity contribution is 5.87. The van der Waals surface area contributed by atoms with E-state index < -0.39 is 18.1 Å². The maximum atomic E-state index is 14.3. The van der Waals surface area contributed by atoms with Crippen molar-refractivity contribution in [3.63, 3.8) is 0 Å². The second-order valence-electron chi connectivity index (χ2n) is 7.81. The van der Waals surface area contributed by atoms with Crippen molar-refractivity contribution >= 4 is 10.9 Å². The molecule has 0 saturated carbocycles. The van der Waals surface area contributed by atoms with Crippen molar-refractivity contribution in [1.29, 1.82) is 5.26 Å². The molecular weight excluding hydrogens is 400 g/mol. The normalized spacial score (nSPS) is 12.1. The highest BCUT2D eigenvalue weighted by Crippen LogP contribution is 2.34. The van der Waals surface area contributed by atoms with Crippen LogP contribution in [0.1, 0.15) is 19.5 Å². The van der Waals surface area contributed by atoms with Crippen LogP contribution in [0.2, 0.25) is 0 Å². The van der Waals surface area contributed by atoms with E-state index in [-0.39, 0.29) is 5.69 Å². The Morgan fingerprint density at radius 2 is 1.94 bits per heavy atom. The zero-order valence-corrected chi connectivity index (χ0v) is 16.9. The third-order valence-electron chi connectivity index (χ3n) is 5.09. The van der Waals surface area contributed by atoms with E-state index in [1.807, 2.05) is 36.4 Å². The van der Waals surface area contributed by atoms with Crippen molar-refractivity contribution in [2.75, 3.05) is 0 Å². The molecule has 0 spiro atoms. The van der Waals surface area contributed by atoms with E-state index in [9.17, 15) is 19.1 Å². The first-order chi connectivity index (χ1) is 14.7. The zero-order chi connectivity index (χ0) is 22.2. The number of pyridine rings is 2. The number of halogens is 2. The van der Waals surface area contributed by atoms with Gasteiger partial charge in [0.25, 0.3) is 5.92 Å². The Bertz CT molecular complexity index is 1300. The van der Waals surface area contributed by atoms with Crippen LogP contribution in [0.4, 0.5) is 8.78 Å². The van der Waals surface area contributed by atoms with Crippen molar-refractivity contribution in [1.82, 2.24) is 19.7 Å². The summed E-state index contributed by atoms with van der Waals surface area (Å²) in [6.45, 7) is 1.36. The second-order valence-corrected chi connectivity index (χ2v) is 7.81. The number of aliphatic hydroxyl groups is 1. The minimum absolute atomic E-state index is 0.237. The smallest absolute Gasteiger partial charge is 0.294 e. The third kappa shape index (κ3) is 4.00. The van der Waals surface area contributed by atoms with Crippen molar-refractivity contribution in [3.8, 4) is 28.5 Å². The fourth-order valence-electron chi connectivity index (χ4n) is 3.17. The first-order valence-electron chi connectivity index (χ1n) is 9.57. The van der Waals surface area contributed by atoms with Gasteiger partial charge in [-0.25, -0.2) is 13.8 Å². The first kappa shape index (κ1) is 20.6. The number of hydrogen-bond acceptors (Lipinski definition) is 5. The number of alkyl halides is 2. The maximum Gasteiger partial charge on any atom is 0.294 e. The standard InChI is InChI=1S/C23H19F2N5O/c1-22(2,31)23(24,25)14-30-13-17(12-28-30)19-8-7-18(11-26)29-21(19)16-6-5-15-4-3-9-27-20(15)10-16/h3-10,12-13,31H,14H2,1-2H3. The van der Waals surface area contributed by atoms with Gasteiger partial charge in [-0.05, 0) is 38.1 Å². The molecule has 0 aliphatic rings. The van der Waals surface area contributed by atoms with Crippen LogP contribution in [0.5, 0.6) is 0 Å². The van der Waals surface area contributed by atoms with Gasteiger partial charge in [0.2, 0.25) is 0 Å². The lowest BCUT2D eigenvalue weighted by Crippen LogP contribution is -2.45. The van der Waals surface area contributed by atoms with Crippen LogP contribution >= 0.6 is 0 Å². The van der Waals surface area contributed by atoms with Crippen LogP contribution in [0, 0.1) is 11.3 Å². The predicted octanol–water partition coefficient (Wildman–Crippen LogP) is 4.44. The Morgan fingerprint density at radius 3 is 2.68 bits per heavy atom. The largest absolute Gasteiger partial charge is 0.384 e. The summed E-state index contributed by atoms with van der Waals surface area (Å²) in [5.74, 6) is -3.37. The number of nitriles is 1. The predicted molar refractivity (Wildman–Crippen MR) is 112 cm³/mol. The average Bonchev–Trinajstić information content (AvgIpc) is 3.19. The molecule has 8 heteroatoms. The molecule has 6 nitrogen and oxygen atoms in total. The van der Waals surface area contributed by atoms with Crippen molar-refractivity contribution in [2.45, 2.75) is 31.9 Å². The number of hydrogen-bond donors (Lipinski definition) is 1. The molecule has 0 atom stereocenters. The van der Waals surface area contributed by atoms with Crippen molar-refractivity contribution in [3.05, 3.63) is 66.7 Å². The van der Waals surface area contributed by atoms with Gasteiger partial charge in [-0.15, -0.1) is 0 Å². The molecule has 156 valence electrons. The molecular formula is C23H19F2N5O. The summed E-state index contributed by atoms with van der Waals surface area (Å²) >= 11 is 0. The van der Waals surface area contributed by atoms with Crippen LogP contribution in [-0.4, -0.2) is 36.4 Å². The molecule has 31 heavy (non-hydrogen) atoms. The number of benzene rings is 1. The summed E-state index contributed by atoms with van der Waals surface area (Å²) in [7, 11) is 0. The van der Waals surface area contributed by atoms with E-state index >= 15 is 0 Å². The minimum atomic E-state index is -3.37. The molecule has 4 aromatic rings.